The van der Waals surface area contributed by atoms with E-state index < -0.39 is 17.4 Å². The summed E-state index contributed by atoms with van der Waals surface area (Å²) in [5, 5.41) is 0. The Morgan fingerprint density at radius 1 is 1.05 bits per heavy atom. The molecular formula is C14H20ClNO4. The van der Waals surface area contributed by atoms with Crippen LogP contribution in [0.2, 0.25) is 0 Å². The van der Waals surface area contributed by atoms with Crippen LogP contribution in [0.15, 0.2) is 24.5 Å². The quantitative estimate of drug-likeness (QED) is 0.596. The lowest BCUT2D eigenvalue weighted by Gasteiger charge is -2.28. The van der Waals surface area contributed by atoms with Crippen LogP contribution < -0.4 is 0 Å². The fraction of sp³-hybridized carbons (Fsp3) is 0.500. The number of carbonyl (C=O) groups excluding carboxylic acids is 2. The third-order valence-electron chi connectivity index (χ3n) is 2.95. The number of nitrogens with zero attached hydrogens (tertiary/aromatic N) is 1. The maximum atomic E-state index is 12.3. The van der Waals surface area contributed by atoms with Gasteiger partial charge in [-0.25, -0.2) is 0 Å². The Morgan fingerprint density at radius 2 is 1.50 bits per heavy atom. The third-order valence-corrected chi connectivity index (χ3v) is 2.95. The number of hydrogen-bond acceptors (Lipinski definition) is 5. The van der Waals surface area contributed by atoms with Crippen LogP contribution in [0.3, 0.4) is 0 Å². The van der Waals surface area contributed by atoms with Crippen LogP contribution in [-0.4, -0.2) is 30.1 Å². The van der Waals surface area contributed by atoms with Gasteiger partial charge in [-0.05, 0) is 38.0 Å². The number of carbonyl (C=O) groups is 2. The van der Waals surface area contributed by atoms with Gasteiger partial charge in [-0.1, -0.05) is 6.92 Å². The molecule has 20 heavy (non-hydrogen) atoms. The largest absolute Gasteiger partial charge is 0.465 e. The van der Waals surface area contributed by atoms with Crippen LogP contribution >= 0.6 is 12.4 Å². The molecule has 112 valence electrons. The zero-order chi connectivity index (χ0) is 14.3. The third kappa shape index (κ3) is 3.48. The SMILES string of the molecule is CCOC(=O)C(CC)(C(=O)OCC)c1ccncc1.Cl. The highest BCUT2D eigenvalue weighted by molar-refractivity contribution is 6.06. The first-order valence-electron chi connectivity index (χ1n) is 6.38. The molecule has 0 bridgehead atoms. The number of esters is 2. The smallest absolute Gasteiger partial charge is 0.328 e. The van der Waals surface area contributed by atoms with Gasteiger partial charge < -0.3 is 9.47 Å². The van der Waals surface area contributed by atoms with E-state index in [-0.39, 0.29) is 32.0 Å². The second-order valence-electron chi connectivity index (χ2n) is 3.94. The second kappa shape index (κ2) is 8.53. The van der Waals surface area contributed by atoms with Crippen LogP contribution in [0.1, 0.15) is 32.8 Å². The van der Waals surface area contributed by atoms with Crippen molar-refractivity contribution in [2.24, 2.45) is 0 Å². The molecule has 0 radical (unpaired) electrons. The van der Waals surface area contributed by atoms with Gasteiger partial charge in [0.05, 0.1) is 13.2 Å². The van der Waals surface area contributed by atoms with Crippen LogP contribution in [0, 0.1) is 0 Å². The predicted molar refractivity (Wildman–Crippen MR) is 76.7 cm³/mol. The van der Waals surface area contributed by atoms with Gasteiger partial charge in [-0.15, -0.1) is 12.4 Å². The number of hydrogen-bond donors (Lipinski definition) is 0. The van der Waals surface area contributed by atoms with Gasteiger partial charge in [0.25, 0.3) is 0 Å². The average molecular weight is 302 g/mol. The summed E-state index contributed by atoms with van der Waals surface area (Å²) in [6.45, 7) is 5.59. The molecule has 1 aromatic rings. The maximum absolute atomic E-state index is 12.3. The summed E-state index contributed by atoms with van der Waals surface area (Å²) in [5.74, 6) is -1.16. The first kappa shape index (κ1) is 18.4. The summed E-state index contributed by atoms with van der Waals surface area (Å²) in [7, 11) is 0. The summed E-state index contributed by atoms with van der Waals surface area (Å²) < 4.78 is 10.1. The van der Waals surface area contributed by atoms with E-state index in [4.69, 9.17) is 9.47 Å². The first-order chi connectivity index (χ1) is 9.13. The molecule has 0 fully saturated rings. The van der Waals surface area contributed by atoms with Crippen molar-refractivity contribution < 1.29 is 19.1 Å². The zero-order valence-electron chi connectivity index (χ0n) is 11.9. The van der Waals surface area contributed by atoms with Crippen LogP contribution in [0.25, 0.3) is 0 Å². The Morgan fingerprint density at radius 3 is 1.85 bits per heavy atom. The monoisotopic (exact) mass is 301 g/mol. The molecule has 0 atom stereocenters. The van der Waals surface area contributed by atoms with Gasteiger partial charge in [0.2, 0.25) is 0 Å². The van der Waals surface area contributed by atoms with Crippen LogP contribution in [-0.2, 0) is 24.5 Å². The van der Waals surface area contributed by atoms with Crippen molar-refractivity contribution in [3.63, 3.8) is 0 Å². The van der Waals surface area contributed by atoms with E-state index >= 15 is 0 Å². The Bertz CT molecular complexity index is 418. The Hall–Kier alpha value is -1.62. The fourth-order valence-electron chi connectivity index (χ4n) is 1.96. The van der Waals surface area contributed by atoms with Gasteiger partial charge in [0, 0.05) is 12.4 Å². The highest BCUT2D eigenvalue weighted by atomic mass is 35.5. The number of aromatic nitrogens is 1. The standard InChI is InChI=1S/C14H19NO4.ClH/c1-4-14(12(16)18-5-2,13(17)19-6-3)11-7-9-15-10-8-11;/h7-10H,4-6H2,1-3H3;1H. The average Bonchev–Trinajstić information content (AvgIpc) is 2.42. The fourth-order valence-corrected chi connectivity index (χ4v) is 1.96. The van der Waals surface area contributed by atoms with Crippen molar-refractivity contribution in [2.45, 2.75) is 32.6 Å². The van der Waals surface area contributed by atoms with Crippen molar-refractivity contribution in [1.82, 2.24) is 4.98 Å². The van der Waals surface area contributed by atoms with Gasteiger partial charge in [-0.3, -0.25) is 14.6 Å². The molecule has 0 amide bonds. The summed E-state index contributed by atoms with van der Waals surface area (Å²) >= 11 is 0. The maximum Gasteiger partial charge on any atom is 0.328 e. The molecule has 0 spiro atoms. The lowest BCUT2D eigenvalue weighted by Crippen LogP contribution is -2.45. The van der Waals surface area contributed by atoms with Crippen molar-refractivity contribution in [2.75, 3.05) is 13.2 Å². The minimum Gasteiger partial charge on any atom is -0.465 e. The van der Waals surface area contributed by atoms with Crippen LogP contribution in [0.5, 0.6) is 0 Å². The number of halogens is 1. The molecule has 0 aliphatic rings. The Kier molecular flexibility index (Phi) is 7.84. The van der Waals surface area contributed by atoms with E-state index in [0.29, 0.717) is 5.56 Å². The van der Waals surface area contributed by atoms with E-state index in [1.54, 1.807) is 32.9 Å². The summed E-state index contributed by atoms with van der Waals surface area (Å²) in [4.78, 5) is 28.4. The van der Waals surface area contributed by atoms with E-state index in [0.717, 1.165) is 0 Å². The first-order valence-corrected chi connectivity index (χ1v) is 6.38. The van der Waals surface area contributed by atoms with Crippen molar-refractivity contribution in [1.29, 1.82) is 0 Å². The molecule has 0 aromatic carbocycles. The number of rotatable bonds is 6. The minimum absolute atomic E-state index is 0. The van der Waals surface area contributed by atoms with Crippen molar-refractivity contribution >= 4 is 24.3 Å². The van der Waals surface area contributed by atoms with Gasteiger partial charge >= 0.3 is 11.9 Å². The molecule has 5 nitrogen and oxygen atoms in total. The molecule has 6 heteroatoms. The van der Waals surface area contributed by atoms with E-state index in [2.05, 4.69) is 4.98 Å². The molecule has 1 heterocycles. The summed E-state index contributed by atoms with van der Waals surface area (Å²) in [5.41, 5.74) is -0.864. The Balaban J connectivity index is 0.00000361. The molecule has 0 N–H and O–H groups in total. The Labute approximate surface area is 125 Å². The van der Waals surface area contributed by atoms with Gasteiger partial charge in [0.15, 0.2) is 5.41 Å². The predicted octanol–water partition coefficient (Wildman–Crippen LogP) is 2.28. The molecular weight excluding hydrogens is 282 g/mol. The molecule has 0 aliphatic carbocycles. The number of pyridine rings is 1. The normalized spacial score (nSPS) is 10.3. The highest BCUT2D eigenvalue weighted by Crippen LogP contribution is 2.31. The van der Waals surface area contributed by atoms with E-state index in [9.17, 15) is 9.59 Å². The molecule has 0 unspecified atom stereocenters. The molecule has 0 aliphatic heterocycles. The van der Waals surface area contributed by atoms with Crippen molar-refractivity contribution in [3.05, 3.63) is 30.1 Å². The molecule has 1 rings (SSSR count). The van der Waals surface area contributed by atoms with Gasteiger partial charge in [-0.2, -0.15) is 0 Å². The minimum atomic E-state index is -1.41. The topological polar surface area (TPSA) is 65.5 Å². The van der Waals surface area contributed by atoms with E-state index in [1.807, 2.05) is 0 Å². The van der Waals surface area contributed by atoms with E-state index in [1.165, 1.54) is 12.4 Å². The van der Waals surface area contributed by atoms with Gasteiger partial charge in [0.1, 0.15) is 0 Å². The van der Waals surface area contributed by atoms with Crippen molar-refractivity contribution in [3.8, 4) is 0 Å². The molecule has 0 saturated heterocycles. The second-order valence-corrected chi connectivity index (χ2v) is 3.94. The van der Waals surface area contributed by atoms with Crippen LogP contribution in [0.4, 0.5) is 0 Å². The molecule has 0 saturated carbocycles. The number of ether oxygens (including phenoxy) is 2. The lowest BCUT2D eigenvalue weighted by molar-refractivity contribution is -0.165. The highest BCUT2D eigenvalue weighted by Gasteiger charge is 2.49. The summed E-state index contributed by atoms with van der Waals surface area (Å²) in [6, 6.07) is 3.27. The zero-order valence-corrected chi connectivity index (χ0v) is 12.7. The molecule has 1 aromatic heterocycles. The lowest BCUT2D eigenvalue weighted by atomic mass is 9.78. The summed E-state index contributed by atoms with van der Waals surface area (Å²) in [6.07, 6.45) is 3.35.